The van der Waals surface area contributed by atoms with E-state index in [4.69, 9.17) is 4.98 Å². The van der Waals surface area contributed by atoms with Crippen LogP contribution in [0.25, 0.3) is 17.0 Å². The molecule has 40 heavy (non-hydrogen) atoms. The third kappa shape index (κ3) is 6.38. The number of benzene rings is 3. The van der Waals surface area contributed by atoms with Gasteiger partial charge in [-0.25, -0.2) is 22.9 Å². The third-order valence-corrected chi connectivity index (χ3v) is 8.12. The fourth-order valence-electron chi connectivity index (χ4n) is 4.74. The quantitative estimate of drug-likeness (QED) is 0.216. The van der Waals surface area contributed by atoms with Crippen LogP contribution in [0.5, 0.6) is 0 Å². The van der Waals surface area contributed by atoms with Crippen LogP contribution >= 0.6 is 0 Å². The van der Waals surface area contributed by atoms with Gasteiger partial charge in [-0.1, -0.05) is 29.8 Å². The number of carbonyl (C=O) groups is 2. The molecular formula is C31H30N4O4S. The number of ketones is 1. The molecule has 4 aromatic rings. The van der Waals surface area contributed by atoms with Crippen LogP contribution in [-0.4, -0.2) is 38.3 Å². The van der Waals surface area contributed by atoms with Gasteiger partial charge in [0, 0.05) is 35.4 Å². The number of allylic oxidation sites excluding steroid dienone is 1. The van der Waals surface area contributed by atoms with Gasteiger partial charge in [-0.3, -0.25) is 4.79 Å². The second-order valence-electron chi connectivity index (χ2n) is 9.78. The number of pyridine rings is 1. The Morgan fingerprint density at radius 1 is 0.900 bits per heavy atom. The number of rotatable bonds is 7. The smallest absolute Gasteiger partial charge is 0.333 e. The van der Waals surface area contributed by atoms with Gasteiger partial charge in [-0.05, 0) is 92.9 Å². The van der Waals surface area contributed by atoms with Crippen molar-refractivity contribution < 1.29 is 18.0 Å². The van der Waals surface area contributed by atoms with Crippen LogP contribution < -0.4 is 14.9 Å². The summed E-state index contributed by atoms with van der Waals surface area (Å²) in [6.45, 7) is 4.09. The highest BCUT2D eigenvalue weighted by molar-refractivity contribution is 7.90. The SMILES string of the molecule is Cc1ccc2nc(C=CC(=O)c3ccc(NC(=O)NS(=O)(=O)c4ccccc4)cc3)cc(N3CCCCC3)c2c1. The van der Waals surface area contributed by atoms with E-state index >= 15 is 0 Å². The molecule has 1 aliphatic rings. The number of hydrogen-bond donors (Lipinski definition) is 2. The van der Waals surface area contributed by atoms with E-state index in [-0.39, 0.29) is 10.7 Å². The van der Waals surface area contributed by atoms with Crippen molar-refractivity contribution in [3.05, 3.63) is 102 Å². The molecule has 2 N–H and O–H groups in total. The molecule has 0 radical (unpaired) electrons. The van der Waals surface area contributed by atoms with Gasteiger partial charge in [0.05, 0.1) is 16.1 Å². The Balaban J connectivity index is 1.28. The Morgan fingerprint density at radius 3 is 2.35 bits per heavy atom. The zero-order valence-electron chi connectivity index (χ0n) is 22.1. The summed E-state index contributed by atoms with van der Waals surface area (Å²) in [4.78, 5) is 32.3. The molecule has 1 fully saturated rings. The van der Waals surface area contributed by atoms with E-state index in [1.165, 1.54) is 30.2 Å². The molecule has 1 aliphatic heterocycles. The summed E-state index contributed by atoms with van der Waals surface area (Å²) in [6.07, 6.45) is 6.78. The maximum atomic E-state index is 12.9. The number of carbonyl (C=O) groups excluding carboxylic acids is 2. The molecule has 8 nitrogen and oxygen atoms in total. The van der Waals surface area contributed by atoms with E-state index in [9.17, 15) is 18.0 Å². The predicted molar refractivity (Wildman–Crippen MR) is 158 cm³/mol. The lowest BCUT2D eigenvalue weighted by Crippen LogP contribution is -2.34. The lowest BCUT2D eigenvalue weighted by Gasteiger charge is -2.30. The lowest BCUT2D eigenvalue weighted by atomic mass is 10.0. The van der Waals surface area contributed by atoms with Crippen molar-refractivity contribution in [1.29, 1.82) is 0 Å². The first-order valence-corrected chi connectivity index (χ1v) is 14.6. The van der Waals surface area contributed by atoms with Crippen LogP contribution in [0.4, 0.5) is 16.2 Å². The van der Waals surface area contributed by atoms with Crippen molar-refractivity contribution in [2.24, 2.45) is 0 Å². The van der Waals surface area contributed by atoms with Crippen LogP contribution in [0.3, 0.4) is 0 Å². The molecule has 204 valence electrons. The minimum Gasteiger partial charge on any atom is -0.371 e. The van der Waals surface area contributed by atoms with Crippen LogP contribution in [0, 0.1) is 6.92 Å². The number of aryl methyl sites for hydroxylation is 1. The van der Waals surface area contributed by atoms with E-state index in [1.807, 2.05) is 22.9 Å². The first-order chi connectivity index (χ1) is 19.3. The maximum Gasteiger partial charge on any atom is 0.333 e. The van der Waals surface area contributed by atoms with Crippen molar-refractivity contribution in [1.82, 2.24) is 9.71 Å². The maximum absolute atomic E-state index is 12.9. The summed E-state index contributed by atoms with van der Waals surface area (Å²) in [5.74, 6) is -0.215. The van der Waals surface area contributed by atoms with Crippen molar-refractivity contribution in [2.75, 3.05) is 23.3 Å². The fraction of sp³-hybridized carbons (Fsp3) is 0.194. The van der Waals surface area contributed by atoms with Gasteiger partial charge < -0.3 is 10.2 Å². The largest absolute Gasteiger partial charge is 0.371 e. The molecule has 0 spiro atoms. The number of aromatic nitrogens is 1. The number of urea groups is 1. The summed E-state index contributed by atoms with van der Waals surface area (Å²) < 4.78 is 26.6. The average molecular weight is 555 g/mol. The van der Waals surface area contributed by atoms with Crippen LogP contribution in [0.15, 0.2) is 89.8 Å². The van der Waals surface area contributed by atoms with Gasteiger partial charge in [-0.15, -0.1) is 0 Å². The van der Waals surface area contributed by atoms with Gasteiger partial charge in [-0.2, -0.15) is 0 Å². The molecule has 5 rings (SSSR count). The topological polar surface area (TPSA) is 108 Å². The monoisotopic (exact) mass is 554 g/mol. The first kappa shape index (κ1) is 27.1. The second-order valence-corrected chi connectivity index (χ2v) is 11.5. The number of amides is 2. The molecule has 0 bridgehead atoms. The third-order valence-electron chi connectivity index (χ3n) is 6.77. The zero-order valence-corrected chi connectivity index (χ0v) is 22.9. The van der Waals surface area contributed by atoms with Gasteiger partial charge >= 0.3 is 6.03 Å². The minimum atomic E-state index is -4.00. The number of fused-ring (bicyclic) bond motifs is 1. The Hall–Kier alpha value is -4.50. The van der Waals surface area contributed by atoms with E-state index in [0.29, 0.717) is 16.9 Å². The first-order valence-electron chi connectivity index (χ1n) is 13.2. The van der Waals surface area contributed by atoms with Crippen molar-refractivity contribution in [3.63, 3.8) is 0 Å². The van der Waals surface area contributed by atoms with Crippen molar-refractivity contribution in [2.45, 2.75) is 31.1 Å². The standard InChI is InChI=1S/C31H30N4O4S/c1-22-10-16-28-27(20-22)29(35-18-6-3-7-19-35)21-25(32-28)15-17-30(36)23-11-13-24(14-12-23)33-31(37)34-40(38,39)26-8-4-2-5-9-26/h2,4-5,8-17,20-21H,3,6-7,18-19H2,1H3,(H2,33,34,37). The summed E-state index contributed by atoms with van der Waals surface area (Å²) in [5.41, 5.74) is 4.69. The van der Waals surface area contributed by atoms with Gasteiger partial charge in [0.25, 0.3) is 10.0 Å². The molecule has 0 atom stereocenters. The van der Waals surface area contributed by atoms with Gasteiger partial charge in [0.15, 0.2) is 5.78 Å². The van der Waals surface area contributed by atoms with Crippen molar-refractivity contribution >= 4 is 50.2 Å². The molecule has 2 amide bonds. The molecule has 9 heteroatoms. The van der Waals surface area contributed by atoms with E-state index in [2.05, 4.69) is 23.2 Å². The summed E-state index contributed by atoms with van der Waals surface area (Å²) in [5, 5.41) is 3.60. The molecule has 3 aromatic carbocycles. The molecule has 2 heterocycles. The molecule has 0 unspecified atom stereocenters. The summed E-state index contributed by atoms with van der Waals surface area (Å²) >= 11 is 0. The molecule has 1 saturated heterocycles. The normalized spacial score (nSPS) is 13.9. The molecular weight excluding hydrogens is 524 g/mol. The Kier molecular flexibility index (Phi) is 7.93. The highest BCUT2D eigenvalue weighted by atomic mass is 32.2. The average Bonchev–Trinajstić information content (AvgIpc) is 2.96. The number of hydrogen-bond acceptors (Lipinski definition) is 6. The highest BCUT2D eigenvalue weighted by Gasteiger charge is 2.18. The van der Waals surface area contributed by atoms with E-state index < -0.39 is 16.1 Å². The summed E-state index contributed by atoms with van der Waals surface area (Å²) in [7, 11) is -4.00. The summed E-state index contributed by atoms with van der Waals surface area (Å²) in [6, 6.07) is 21.2. The highest BCUT2D eigenvalue weighted by Crippen LogP contribution is 2.30. The minimum absolute atomic E-state index is 0.0167. The fourth-order valence-corrected chi connectivity index (χ4v) is 5.66. The number of nitrogens with zero attached hydrogens (tertiary/aromatic N) is 2. The van der Waals surface area contributed by atoms with Gasteiger partial charge in [0.1, 0.15) is 0 Å². The molecule has 0 aliphatic carbocycles. The Morgan fingerprint density at radius 2 is 1.62 bits per heavy atom. The van der Waals surface area contributed by atoms with Crippen LogP contribution in [-0.2, 0) is 10.0 Å². The van der Waals surface area contributed by atoms with Crippen LogP contribution in [0.1, 0.15) is 40.9 Å². The van der Waals surface area contributed by atoms with Crippen LogP contribution in [0.2, 0.25) is 0 Å². The van der Waals surface area contributed by atoms with Crippen molar-refractivity contribution in [3.8, 4) is 0 Å². The number of piperidine rings is 1. The molecule has 1 aromatic heterocycles. The Labute approximate surface area is 233 Å². The number of anilines is 2. The Bertz CT molecular complexity index is 1680. The predicted octanol–water partition coefficient (Wildman–Crippen LogP) is 5.94. The van der Waals surface area contributed by atoms with Gasteiger partial charge in [0.2, 0.25) is 0 Å². The second kappa shape index (κ2) is 11.7. The zero-order chi connectivity index (χ0) is 28.1. The van der Waals surface area contributed by atoms with E-state index in [1.54, 1.807) is 48.5 Å². The lowest BCUT2D eigenvalue weighted by molar-refractivity contribution is 0.104. The number of sulfonamides is 1. The van der Waals surface area contributed by atoms with E-state index in [0.717, 1.165) is 42.5 Å². The number of nitrogens with one attached hydrogen (secondary N) is 2. The molecule has 0 saturated carbocycles.